The van der Waals surface area contributed by atoms with Gasteiger partial charge in [0.1, 0.15) is 0 Å². The van der Waals surface area contributed by atoms with Crippen molar-refractivity contribution in [2.75, 3.05) is 13.2 Å². The molecule has 0 aromatic carbocycles. The molecular formula is C13H27NO. The number of rotatable bonds is 7. The van der Waals surface area contributed by atoms with Crippen LogP contribution in [0.3, 0.4) is 0 Å². The molecule has 2 nitrogen and oxygen atoms in total. The minimum absolute atomic E-state index is 0.522. The van der Waals surface area contributed by atoms with E-state index in [2.05, 4.69) is 26.1 Å². The molecular weight excluding hydrogens is 186 g/mol. The summed E-state index contributed by atoms with van der Waals surface area (Å²) in [5.74, 6) is 0.765. The van der Waals surface area contributed by atoms with Crippen LogP contribution in [-0.4, -0.2) is 25.3 Å². The van der Waals surface area contributed by atoms with E-state index < -0.39 is 0 Å². The van der Waals surface area contributed by atoms with Crippen LogP contribution in [0.15, 0.2) is 0 Å². The van der Waals surface area contributed by atoms with Crippen molar-refractivity contribution in [1.29, 1.82) is 0 Å². The maximum atomic E-state index is 5.72. The molecule has 1 rings (SSSR count). The molecule has 0 aromatic heterocycles. The van der Waals surface area contributed by atoms with Crippen molar-refractivity contribution in [2.24, 2.45) is 5.92 Å². The van der Waals surface area contributed by atoms with Gasteiger partial charge in [0.05, 0.1) is 6.10 Å². The van der Waals surface area contributed by atoms with E-state index in [4.69, 9.17) is 4.74 Å². The highest BCUT2D eigenvalue weighted by molar-refractivity contribution is 4.78. The zero-order chi connectivity index (χ0) is 11.1. The van der Waals surface area contributed by atoms with E-state index in [9.17, 15) is 0 Å². The first-order valence-electron chi connectivity index (χ1n) is 6.62. The molecule has 1 saturated heterocycles. The predicted octanol–water partition coefficient (Wildman–Crippen LogP) is 2.97. The Morgan fingerprint density at radius 1 is 1.40 bits per heavy atom. The molecule has 2 heteroatoms. The molecule has 90 valence electrons. The third kappa shape index (κ3) is 4.52. The Kier molecular flexibility index (Phi) is 6.26. The maximum Gasteiger partial charge on any atom is 0.0590 e. The van der Waals surface area contributed by atoms with Gasteiger partial charge in [-0.15, -0.1) is 0 Å². The van der Waals surface area contributed by atoms with Gasteiger partial charge in [-0.2, -0.15) is 0 Å². The first kappa shape index (κ1) is 13.0. The number of hydrogen-bond donors (Lipinski definition) is 1. The predicted molar refractivity (Wildman–Crippen MR) is 65.1 cm³/mol. The van der Waals surface area contributed by atoms with Crippen molar-refractivity contribution in [3.63, 3.8) is 0 Å². The van der Waals surface area contributed by atoms with E-state index in [0.717, 1.165) is 19.1 Å². The normalized spacial score (nSPS) is 25.4. The maximum absolute atomic E-state index is 5.72. The summed E-state index contributed by atoms with van der Waals surface area (Å²) in [5.41, 5.74) is 0. The van der Waals surface area contributed by atoms with E-state index >= 15 is 0 Å². The summed E-state index contributed by atoms with van der Waals surface area (Å²) in [6.45, 7) is 8.98. The lowest BCUT2D eigenvalue weighted by molar-refractivity contribution is 0.0876. The van der Waals surface area contributed by atoms with Crippen molar-refractivity contribution in [2.45, 2.75) is 65.0 Å². The Labute approximate surface area is 94.8 Å². The quantitative estimate of drug-likeness (QED) is 0.702. The zero-order valence-electron chi connectivity index (χ0n) is 10.6. The van der Waals surface area contributed by atoms with Crippen molar-refractivity contribution < 1.29 is 4.74 Å². The van der Waals surface area contributed by atoms with Gasteiger partial charge in [-0.25, -0.2) is 0 Å². The van der Waals surface area contributed by atoms with E-state index in [1.54, 1.807) is 0 Å². The lowest BCUT2D eigenvalue weighted by Gasteiger charge is -2.26. The fraction of sp³-hybridized carbons (Fsp3) is 1.00. The van der Waals surface area contributed by atoms with E-state index in [-0.39, 0.29) is 0 Å². The minimum Gasteiger partial charge on any atom is -0.378 e. The van der Waals surface area contributed by atoms with Crippen LogP contribution in [0.5, 0.6) is 0 Å². The number of ether oxygens (including phenoxy) is 1. The Morgan fingerprint density at radius 2 is 2.20 bits per heavy atom. The van der Waals surface area contributed by atoms with Gasteiger partial charge in [-0.3, -0.25) is 0 Å². The molecule has 3 unspecified atom stereocenters. The average molecular weight is 213 g/mol. The minimum atomic E-state index is 0.522. The second-order valence-electron chi connectivity index (χ2n) is 4.82. The lowest BCUT2D eigenvalue weighted by Crippen LogP contribution is -2.38. The second kappa shape index (κ2) is 7.24. The number of nitrogens with one attached hydrogen (secondary N) is 1. The molecule has 0 amide bonds. The van der Waals surface area contributed by atoms with Crippen LogP contribution in [0.25, 0.3) is 0 Å². The van der Waals surface area contributed by atoms with Crippen LogP contribution in [0, 0.1) is 5.92 Å². The molecule has 0 bridgehead atoms. The summed E-state index contributed by atoms with van der Waals surface area (Å²) in [6, 6.07) is 0.651. The highest BCUT2D eigenvalue weighted by Crippen LogP contribution is 2.21. The molecule has 1 N–H and O–H groups in total. The monoisotopic (exact) mass is 213 g/mol. The molecule has 0 spiro atoms. The van der Waals surface area contributed by atoms with Crippen LogP contribution in [-0.2, 0) is 4.74 Å². The molecule has 0 aliphatic carbocycles. The highest BCUT2D eigenvalue weighted by Gasteiger charge is 2.23. The van der Waals surface area contributed by atoms with Gasteiger partial charge in [0.15, 0.2) is 0 Å². The first-order chi connectivity index (χ1) is 7.27. The molecule has 1 fully saturated rings. The third-order valence-electron chi connectivity index (χ3n) is 3.53. The van der Waals surface area contributed by atoms with Gasteiger partial charge >= 0.3 is 0 Å². The summed E-state index contributed by atoms with van der Waals surface area (Å²) in [7, 11) is 0. The Morgan fingerprint density at radius 3 is 2.73 bits per heavy atom. The largest absolute Gasteiger partial charge is 0.378 e. The summed E-state index contributed by atoms with van der Waals surface area (Å²) in [5, 5.41) is 3.67. The van der Waals surface area contributed by atoms with Crippen molar-refractivity contribution in [3.8, 4) is 0 Å². The Hall–Kier alpha value is -0.0800. The van der Waals surface area contributed by atoms with Gasteiger partial charge in [0, 0.05) is 12.6 Å². The third-order valence-corrected chi connectivity index (χ3v) is 3.53. The lowest BCUT2D eigenvalue weighted by atomic mass is 9.93. The Balaban J connectivity index is 2.32. The van der Waals surface area contributed by atoms with Crippen LogP contribution >= 0.6 is 0 Å². The van der Waals surface area contributed by atoms with Gasteiger partial charge in [-0.1, -0.05) is 27.2 Å². The average Bonchev–Trinajstić information content (AvgIpc) is 2.75. The van der Waals surface area contributed by atoms with Crippen LogP contribution in [0.4, 0.5) is 0 Å². The van der Waals surface area contributed by atoms with Crippen molar-refractivity contribution in [3.05, 3.63) is 0 Å². The molecule has 1 aliphatic rings. The Bertz CT molecular complexity index is 155. The fourth-order valence-electron chi connectivity index (χ4n) is 2.24. The smallest absolute Gasteiger partial charge is 0.0590 e. The molecule has 15 heavy (non-hydrogen) atoms. The van der Waals surface area contributed by atoms with Crippen LogP contribution in [0.2, 0.25) is 0 Å². The van der Waals surface area contributed by atoms with Crippen molar-refractivity contribution >= 4 is 0 Å². The number of hydrogen-bond acceptors (Lipinski definition) is 2. The first-order valence-corrected chi connectivity index (χ1v) is 6.62. The molecule has 0 aromatic rings. The van der Waals surface area contributed by atoms with Crippen LogP contribution < -0.4 is 5.32 Å². The standard InChI is InChI=1S/C13H27NO/c1-4-8-14-13(11(3)5-2)10-12-7-6-9-15-12/h11-14H,4-10H2,1-3H3. The SMILES string of the molecule is CCCNC(CC1CCCO1)C(C)CC. The van der Waals surface area contributed by atoms with Crippen LogP contribution in [0.1, 0.15) is 52.9 Å². The zero-order valence-corrected chi connectivity index (χ0v) is 10.6. The molecule has 3 atom stereocenters. The van der Waals surface area contributed by atoms with E-state index in [0.29, 0.717) is 12.1 Å². The molecule has 1 heterocycles. The second-order valence-corrected chi connectivity index (χ2v) is 4.82. The summed E-state index contributed by atoms with van der Waals surface area (Å²) in [6.07, 6.45) is 6.72. The molecule has 0 radical (unpaired) electrons. The molecule has 1 aliphatic heterocycles. The van der Waals surface area contributed by atoms with Gasteiger partial charge in [0.25, 0.3) is 0 Å². The summed E-state index contributed by atoms with van der Waals surface area (Å²) >= 11 is 0. The summed E-state index contributed by atoms with van der Waals surface area (Å²) < 4.78 is 5.72. The van der Waals surface area contributed by atoms with E-state index in [1.165, 1.54) is 32.1 Å². The topological polar surface area (TPSA) is 21.3 Å². The molecule has 0 saturated carbocycles. The van der Waals surface area contributed by atoms with Gasteiger partial charge < -0.3 is 10.1 Å². The highest BCUT2D eigenvalue weighted by atomic mass is 16.5. The van der Waals surface area contributed by atoms with Crippen molar-refractivity contribution in [1.82, 2.24) is 5.32 Å². The van der Waals surface area contributed by atoms with Gasteiger partial charge in [0.2, 0.25) is 0 Å². The van der Waals surface area contributed by atoms with E-state index in [1.807, 2.05) is 0 Å². The summed E-state index contributed by atoms with van der Waals surface area (Å²) in [4.78, 5) is 0. The fourth-order valence-corrected chi connectivity index (χ4v) is 2.24. The van der Waals surface area contributed by atoms with Gasteiger partial charge in [-0.05, 0) is 38.1 Å².